The highest BCUT2D eigenvalue weighted by molar-refractivity contribution is 5.00. The lowest BCUT2D eigenvalue weighted by molar-refractivity contribution is 0.137. The predicted molar refractivity (Wildman–Crippen MR) is 70.1 cm³/mol. The Bertz CT molecular complexity index is 302. The molecule has 1 unspecified atom stereocenters. The van der Waals surface area contributed by atoms with Gasteiger partial charge in [-0.15, -0.1) is 0 Å². The zero-order valence-electron chi connectivity index (χ0n) is 11.0. The largest absolute Gasteiger partial charge is 0.469 e. The number of rotatable bonds is 5. The van der Waals surface area contributed by atoms with Crippen molar-refractivity contribution < 1.29 is 4.42 Å². The quantitative estimate of drug-likeness (QED) is 0.849. The molecule has 0 radical (unpaired) electrons. The fraction of sp³-hybridized carbons (Fsp3) is 0.714. The van der Waals surface area contributed by atoms with Gasteiger partial charge in [0.2, 0.25) is 0 Å². The van der Waals surface area contributed by atoms with Crippen LogP contribution in [0.4, 0.5) is 0 Å². The van der Waals surface area contributed by atoms with Crippen LogP contribution in [0.25, 0.3) is 0 Å². The molecule has 1 atom stereocenters. The molecule has 0 aliphatic carbocycles. The van der Waals surface area contributed by atoms with Crippen molar-refractivity contribution in [3.63, 3.8) is 0 Å². The van der Waals surface area contributed by atoms with E-state index in [2.05, 4.69) is 23.2 Å². The summed E-state index contributed by atoms with van der Waals surface area (Å²) in [5.74, 6) is 1.97. The van der Waals surface area contributed by atoms with Gasteiger partial charge in [0, 0.05) is 12.5 Å². The van der Waals surface area contributed by atoms with Crippen LogP contribution < -0.4 is 5.32 Å². The summed E-state index contributed by atoms with van der Waals surface area (Å²) in [6.07, 6.45) is 5.44. The normalized spacial score (nSPS) is 20.6. The third-order valence-corrected chi connectivity index (χ3v) is 3.84. The second-order valence-electron chi connectivity index (χ2n) is 5.17. The topological polar surface area (TPSA) is 28.4 Å². The van der Waals surface area contributed by atoms with Gasteiger partial charge in [-0.2, -0.15) is 0 Å². The van der Waals surface area contributed by atoms with Crippen molar-refractivity contribution in [2.75, 3.05) is 26.7 Å². The number of piperidine rings is 1. The van der Waals surface area contributed by atoms with Gasteiger partial charge in [-0.05, 0) is 64.5 Å². The molecule has 17 heavy (non-hydrogen) atoms. The fourth-order valence-corrected chi connectivity index (χ4v) is 2.74. The molecule has 1 fully saturated rings. The fourth-order valence-electron chi connectivity index (χ4n) is 2.74. The molecule has 1 aromatic heterocycles. The molecule has 0 amide bonds. The molecule has 1 aromatic rings. The van der Waals surface area contributed by atoms with Crippen LogP contribution in [0.1, 0.15) is 25.5 Å². The number of nitrogens with one attached hydrogen (secondary N) is 1. The first-order valence-corrected chi connectivity index (χ1v) is 6.70. The Morgan fingerprint density at radius 1 is 1.47 bits per heavy atom. The van der Waals surface area contributed by atoms with Crippen LogP contribution in [-0.2, 0) is 6.42 Å². The van der Waals surface area contributed by atoms with Gasteiger partial charge in [0.1, 0.15) is 5.76 Å². The Labute approximate surface area is 104 Å². The summed E-state index contributed by atoms with van der Waals surface area (Å²) in [5, 5.41) is 3.28. The van der Waals surface area contributed by atoms with Crippen LogP contribution in [-0.4, -0.2) is 37.6 Å². The molecule has 3 heteroatoms. The lowest BCUT2D eigenvalue weighted by Crippen LogP contribution is -2.42. The lowest BCUT2D eigenvalue weighted by atomic mass is 9.95. The molecule has 1 aliphatic rings. The van der Waals surface area contributed by atoms with Crippen molar-refractivity contribution in [2.24, 2.45) is 5.92 Å². The monoisotopic (exact) mass is 236 g/mol. The number of likely N-dealkylation sites (tertiary alicyclic amines) is 1. The van der Waals surface area contributed by atoms with Crippen molar-refractivity contribution in [2.45, 2.75) is 32.2 Å². The molecule has 1 aliphatic heterocycles. The first-order chi connectivity index (χ1) is 8.29. The van der Waals surface area contributed by atoms with E-state index in [4.69, 9.17) is 4.42 Å². The molecule has 2 rings (SSSR count). The molecule has 2 heterocycles. The van der Waals surface area contributed by atoms with Gasteiger partial charge >= 0.3 is 0 Å². The second kappa shape index (κ2) is 6.22. The molecule has 0 spiro atoms. The van der Waals surface area contributed by atoms with Crippen LogP contribution in [0.5, 0.6) is 0 Å². The third kappa shape index (κ3) is 3.58. The number of hydrogen-bond donors (Lipinski definition) is 1. The molecule has 1 saturated heterocycles. The summed E-state index contributed by atoms with van der Waals surface area (Å²) in [6, 6.07) is 4.64. The first kappa shape index (κ1) is 12.7. The third-order valence-electron chi connectivity index (χ3n) is 3.84. The van der Waals surface area contributed by atoms with Crippen molar-refractivity contribution >= 4 is 0 Å². The maximum Gasteiger partial charge on any atom is 0.105 e. The molecule has 0 bridgehead atoms. The van der Waals surface area contributed by atoms with E-state index in [9.17, 15) is 0 Å². The maximum atomic E-state index is 5.42. The van der Waals surface area contributed by atoms with E-state index in [0.29, 0.717) is 6.04 Å². The Morgan fingerprint density at radius 3 is 2.82 bits per heavy atom. The Hall–Kier alpha value is -0.800. The van der Waals surface area contributed by atoms with Crippen LogP contribution in [0.3, 0.4) is 0 Å². The Kier molecular flexibility index (Phi) is 4.63. The Balaban J connectivity index is 1.76. The molecule has 0 saturated carbocycles. The van der Waals surface area contributed by atoms with E-state index in [-0.39, 0.29) is 0 Å². The maximum absolute atomic E-state index is 5.42. The number of hydrogen-bond acceptors (Lipinski definition) is 3. The highest BCUT2D eigenvalue weighted by Crippen LogP contribution is 2.20. The second-order valence-corrected chi connectivity index (χ2v) is 5.17. The zero-order valence-corrected chi connectivity index (χ0v) is 11.0. The molecule has 1 N–H and O–H groups in total. The summed E-state index contributed by atoms with van der Waals surface area (Å²) in [4.78, 5) is 2.59. The molecular formula is C14H24N2O. The Morgan fingerprint density at radius 2 is 2.24 bits per heavy atom. The zero-order chi connectivity index (χ0) is 12.1. The molecular weight excluding hydrogens is 212 g/mol. The van der Waals surface area contributed by atoms with Gasteiger partial charge in [-0.1, -0.05) is 0 Å². The number of furan rings is 1. The highest BCUT2D eigenvalue weighted by Gasteiger charge is 2.22. The SMILES string of the molecule is CNCC1CCN(C(C)Cc2ccco2)CC1. The minimum absolute atomic E-state index is 0.594. The van der Waals surface area contributed by atoms with Crippen molar-refractivity contribution in [1.82, 2.24) is 10.2 Å². The molecule has 0 aromatic carbocycles. The van der Waals surface area contributed by atoms with E-state index in [0.717, 1.165) is 18.1 Å². The lowest BCUT2D eigenvalue weighted by Gasteiger charge is -2.35. The van der Waals surface area contributed by atoms with Crippen LogP contribution >= 0.6 is 0 Å². The minimum Gasteiger partial charge on any atom is -0.469 e. The first-order valence-electron chi connectivity index (χ1n) is 6.70. The van der Waals surface area contributed by atoms with Gasteiger partial charge in [0.05, 0.1) is 6.26 Å². The van der Waals surface area contributed by atoms with E-state index in [1.165, 1.54) is 32.5 Å². The smallest absolute Gasteiger partial charge is 0.105 e. The van der Waals surface area contributed by atoms with Gasteiger partial charge in [0.25, 0.3) is 0 Å². The summed E-state index contributed by atoms with van der Waals surface area (Å²) in [5.41, 5.74) is 0. The summed E-state index contributed by atoms with van der Waals surface area (Å²) in [6.45, 7) is 5.93. The molecule has 3 nitrogen and oxygen atoms in total. The van der Waals surface area contributed by atoms with E-state index >= 15 is 0 Å². The molecule has 96 valence electrons. The minimum atomic E-state index is 0.594. The van der Waals surface area contributed by atoms with E-state index in [1.807, 2.05) is 13.1 Å². The number of nitrogens with zero attached hydrogens (tertiary/aromatic N) is 1. The summed E-state index contributed by atoms with van der Waals surface area (Å²) < 4.78 is 5.42. The van der Waals surface area contributed by atoms with Gasteiger partial charge in [-0.25, -0.2) is 0 Å². The van der Waals surface area contributed by atoms with E-state index < -0.39 is 0 Å². The van der Waals surface area contributed by atoms with Gasteiger partial charge in [-0.3, -0.25) is 0 Å². The van der Waals surface area contributed by atoms with E-state index in [1.54, 1.807) is 6.26 Å². The summed E-state index contributed by atoms with van der Waals surface area (Å²) in [7, 11) is 2.05. The van der Waals surface area contributed by atoms with Crippen molar-refractivity contribution in [3.05, 3.63) is 24.2 Å². The van der Waals surface area contributed by atoms with Crippen LogP contribution in [0.15, 0.2) is 22.8 Å². The van der Waals surface area contributed by atoms with Gasteiger partial charge in [0.15, 0.2) is 0 Å². The van der Waals surface area contributed by atoms with Crippen molar-refractivity contribution in [1.29, 1.82) is 0 Å². The standard InChI is InChI=1S/C14H24N2O/c1-12(10-14-4-3-9-17-14)16-7-5-13(6-8-16)11-15-2/h3-4,9,12-13,15H,5-8,10-11H2,1-2H3. The summed E-state index contributed by atoms with van der Waals surface area (Å²) >= 11 is 0. The highest BCUT2D eigenvalue weighted by atomic mass is 16.3. The predicted octanol–water partition coefficient (Wildman–Crippen LogP) is 2.14. The average molecular weight is 236 g/mol. The van der Waals surface area contributed by atoms with Gasteiger partial charge < -0.3 is 14.6 Å². The van der Waals surface area contributed by atoms with Crippen LogP contribution in [0.2, 0.25) is 0 Å². The van der Waals surface area contributed by atoms with Crippen LogP contribution in [0, 0.1) is 5.92 Å². The van der Waals surface area contributed by atoms with Crippen molar-refractivity contribution in [3.8, 4) is 0 Å². The average Bonchev–Trinajstić information content (AvgIpc) is 2.83.